The summed E-state index contributed by atoms with van der Waals surface area (Å²) in [5.74, 6) is 0.604. The number of rotatable bonds is 4. The summed E-state index contributed by atoms with van der Waals surface area (Å²) in [6.45, 7) is 4.55. The van der Waals surface area contributed by atoms with Gasteiger partial charge in [0.15, 0.2) is 0 Å². The highest BCUT2D eigenvalue weighted by molar-refractivity contribution is 5.90. The third-order valence-corrected chi connectivity index (χ3v) is 3.76. The highest BCUT2D eigenvalue weighted by Crippen LogP contribution is 2.26. The van der Waals surface area contributed by atoms with Crippen molar-refractivity contribution in [3.8, 4) is 0 Å². The molecule has 0 heterocycles. The fourth-order valence-corrected chi connectivity index (χ4v) is 2.59. The lowest BCUT2D eigenvalue weighted by atomic mass is 9.87. The van der Waals surface area contributed by atoms with Crippen LogP contribution in [0.5, 0.6) is 0 Å². The van der Waals surface area contributed by atoms with Gasteiger partial charge in [0.25, 0.3) is 0 Å². The van der Waals surface area contributed by atoms with Gasteiger partial charge in [-0.25, -0.2) is 4.79 Å². The smallest absolute Gasteiger partial charge is 0.338 e. The first-order valence-corrected chi connectivity index (χ1v) is 7.22. The number of benzene rings is 1. The monoisotopic (exact) mass is 261 g/mol. The van der Waals surface area contributed by atoms with Gasteiger partial charge in [0.05, 0.1) is 12.2 Å². The van der Waals surface area contributed by atoms with Crippen LogP contribution in [-0.2, 0) is 4.74 Å². The van der Waals surface area contributed by atoms with Crippen LogP contribution in [0.1, 0.15) is 49.9 Å². The van der Waals surface area contributed by atoms with Crippen LogP contribution < -0.4 is 5.32 Å². The summed E-state index contributed by atoms with van der Waals surface area (Å²) in [5.41, 5.74) is 1.64. The molecular formula is C16H23NO2. The second-order valence-electron chi connectivity index (χ2n) is 5.40. The Labute approximate surface area is 115 Å². The number of hydrogen-bond donors (Lipinski definition) is 1. The SMILES string of the molecule is CCOC(=O)c1cccc(NC2CCC(C)CC2)c1. The molecule has 0 bridgehead atoms. The number of carbonyl (C=O) groups excluding carboxylic acids is 1. The molecule has 0 unspecified atom stereocenters. The molecule has 0 radical (unpaired) electrons. The number of carbonyl (C=O) groups is 1. The van der Waals surface area contributed by atoms with Crippen molar-refractivity contribution in [2.24, 2.45) is 5.92 Å². The van der Waals surface area contributed by atoms with Crippen LogP contribution in [0.4, 0.5) is 5.69 Å². The third-order valence-electron chi connectivity index (χ3n) is 3.76. The standard InChI is InChI=1S/C16H23NO2/c1-3-19-16(18)13-5-4-6-15(11-13)17-14-9-7-12(2)8-10-14/h4-6,11-12,14,17H,3,7-10H2,1-2H3. The lowest BCUT2D eigenvalue weighted by molar-refractivity contribution is 0.0526. The Hall–Kier alpha value is -1.51. The Balaban J connectivity index is 1.97. The second kappa shape index (κ2) is 6.60. The number of hydrogen-bond acceptors (Lipinski definition) is 3. The van der Waals surface area contributed by atoms with Crippen LogP contribution >= 0.6 is 0 Å². The summed E-state index contributed by atoms with van der Waals surface area (Å²) in [6.07, 6.45) is 5.00. The van der Waals surface area contributed by atoms with Crippen molar-refractivity contribution < 1.29 is 9.53 Å². The van der Waals surface area contributed by atoms with Gasteiger partial charge in [-0.2, -0.15) is 0 Å². The predicted octanol–water partition coefficient (Wildman–Crippen LogP) is 3.85. The molecule has 1 aromatic carbocycles. The van der Waals surface area contributed by atoms with Crippen molar-refractivity contribution in [2.45, 2.75) is 45.6 Å². The fraction of sp³-hybridized carbons (Fsp3) is 0.562. The van der Waals surface area contributed by atoms with E-state index in [-0.39, 0.29) is 5.97 Å². The molecule has 1 saturated carbocycles. The summed E-state index contributed by atoms with van der Waals surface area (Å²) in [7, 11) is 0. The number of ether oxygens (including phenoxy) is 1. The molecule has 1 aromatic rings. The van der Waals surface area contributed by atoms with Crippen LogP contribution in [0.3, 0.4) is 0 Å². The quantitative estimate of drug-likeness (QED) is 0.836. The van der Waals surface area contributed by atoms with Crippen LogP contribution in [0.15, 0.2) is 24.3 Å². The maximum atomic E-state index is 11.7. The van der Waals surface area contributed by atoms with Crippen molar-refractivity contribution in [3.05, 3.63) is 29.8 Å². The van der Waals surface area contributed by atoms with Crippen LogP contribution in [0.2, 0.25) is 0 Å². The van der Waals surface area contributed by atoms with Crippen molar-refractivity contribution in [3.63, 3.8) is 0 Å². The zero-order chi connectivity index (χ0) is 13.7. The van der Waals surface area contributed by atoms with Crippen molar-refractivity contribution in [2.75, 3.05) is 11.9 Å². The summed E-state index contributed by atoms with van der Waals surface area (Å²) in [5, 5.41) is 3.53. The molecule has 104 valence electrons. The topological polar surface area (TPSA) is 38.3 Å². The molecule has 1 fully saturated rings. The van der Waals surface area contributed by atoms with Crippen LogP contribution in [-0.4, -0.2) is 18.6 Å². The number of anilines is 1. The predicted molar refractivity (Wildman–Crippen MR) is 77.4 cm³/mol. The van der Waals surface area contributed by atoms with E-state index in [0.29, 0.717) is 18.2 Å². The van der Waals surface area contributed by atoms with Gasteiger partial charge >= 0.3 is 5.97 Å². The van der Waals surface area contributed by atoms with E-state index in [1.54, 1.807) is 6.07 Å². The molecule has 1 N–H and O–H groups in total. The van der Waals surface area contributed by atoms with Gasteiger partial charge in [-0.1, -0.05) is 13.0 Å². The first-order chi connectivity index (χ1) is 9.19. The minimum absolute atomic E-state index is 0.247. The molecule has 1 aliphatic rings. The first kappa shape index (κ1) is 13.9. The normalized spacial score (nSPS) is 22.8. The van der Waals surface area contributed by atoms with E-state index < -0.39 is 0 Å². The molecule has 2 rings (SSSR count). The van der Waals surface area contributed by atoms with Gasteiger partial charge in [0.1, 0.15) is 0 Å². The molecule has 0 aliphatic heterocycles. The van der Waals surface area contributed by atoms with Gasteiger partial charge in [-0.05, 0) is 56.7 Å². The van der Waals surface area contributed by atoms with E-state index in [1.165, 1.54) is 25.7 Å². The van der Waals surface area contributed by atoms with E-state index in [9.17, 15) is 4.79 Å². The van der Waals surface area contributed by atoms with Crippen LogP contribution in [0.25, 0.3) is 0 Å². The molecule has 1 aliphatic carbocycles. The van der Waals surface area contributed by atoms with E-state index in [2.05, 4.69) is 12.2 Å². The Kier molecular flexibility index (Phi) is 4.83. The van der Waals surface area contributed by atoms with Crippen molar-refractivity contribution in [1.82, 2.24) is 0 Å². The molecule has 0 aromatic heterocycles. The van der Waals surface area contributed by atoms with Gasteiger partial charge < -0.3 is 10.1 Å². The van der Waals surface area contributed by atoms with Crippen molar-refractivity contribution >= 4 is 11.7 Å². The summed E-state index contributed by atoms with van der Waals surface area (Å²) in [4.78, 5) is 11.7. The average Bonchev–Trinajstić information content (AvgIpc) is 2.42. The Morgan fingerprint density at radius 2 is 2.05 bits per heavy atom. The molecule has 0 amide bonds. The Morgan fingerprint density at radius 1 is 1.32 bits per heavy atom. The van der Waals surface area contributed by atoms with Crippen molar-refractivity contribution in [1.29, 1.82) is 0 Å². The summed E-state index contributed by atoms with van der Waals surface area (Å²) < 4.78 is 5.02. The largest absolute Gasteiger partial charge is 0.462 e. The molecule has 0 saturated heterocycles. The number of esters is 1. The van der Waals surface area contributed by atoms with E-state index in [4.69, 9.17) is 4.74 Å². The second-order valence-corrected chi connectivity index (χ2v) is 5.40. The zero-order valence-electron chi connectivity index (χ0n) is 11.8. The lowest BCUT2D eigenvalue weighted by Gasteiger charge is -2.27. The minimum Gasteiger partial charge on any atom is -0.462 e. The molecule has 3 nitrogen and oxygen atoms in total. The third kappa shape index (κ3) is 3.98. The molecule has 3 heteroatoms. The van der Waals surface area contributed by atoms with Gasteiger partial charge in [0.2, 0.25) is 0 Å². The highest BCUT2D eigenvalue weighted by Gasteiger charge is 2.18. The van der Waals surface area contributed by atoms with Gasteiger partial charge in [-0.15, -0.1) is 0 Å². The van der Waals surface area contributed by atoms with Gasteiger partial charge in [0, 0.05) is 11.7 Å². The van der Waals surface area contributed by atoms with Gasteiger partial charge in [-0.3, -0.25) is 0 Å². The lowest BCUT2D eigenvalue weighted by Crippen LogP contribution is -2.25. The average molecular weight is 261 g/mol. The summed E-state index contributed by atoms with van der Waals surface area (Å²) in [6, 6.07) is 8.14. The van der Waals surface area contributed by atoms with E-state index in [1.807, 2.05) is 25.1 Å². The molecular weight excluding hydrogens is 238 g/mol. The Bertz CT molecular complexity index is 423. The zero-order valence-corrected chi connectivity index (χ0v) is 11.8. The first-order valence-electron chi connectivity index (χ1n) is 7.22. The summed E-state index contributed by atoms with van der Waals surface area (Å²) >= 11 is 0. The molecule has 19 heavy (non-hydrogen) atoms. The van der Waals surface area contributed by atoms with E-state index in [0.717, 1.165) is 11.6 Å². The highest BCUT2D eigenvalue weighted by atomic mass is 16.5. The fourth-order valence-electron chi connectivity index (χ4n) is 2.59. The number of nitrogens with one attached hydrogen (secondary N) is 1. The minimum atomic E-state index is -0.247. The Morgan fingerprint density at radius 3 is 2.74 bits per heavy atom. The van der Waals surface area contributed by atoms with Crippen LogP contribution in [0, 0.1) is 5.92 Å². The molecule has 0 spiro atoms. The molecule has 0 atom stereocenters. The van der Waals surface area contributed by atoms with E-state index >= 15 is 0 Å². The maximum absolute atomic E-state index is 11.7. The maximum Gasteiger partial charge on any atom is 0.338 e.